The Kier molecular flexibility index (Phi) is 5.24. The summed E-state index contributed by atoms with van der Waals surface area (Å²) in [6.45, 7) is 5.28. The number of aromatic nitrogens is 1. The Hall–Kier alpha value is -2.23. The maximum absolute atomic E-state index is 12.1. The number of carbonyl (C=O) groups is 1. The van der Waals surface area contributed by atoms with Gasteiger partial charge in [0, 0.05) is 19.6 Å². The number of rotatable bonds is 5. The lowest BCUT2D eigenvalue weighted by molar-refractivity contribution is 0.0950. The van der Waals surface area contributed by atoms with Gasteiger partial charge in [-0.2, -0.15) is 5.26 Å². The highest BCUT2D eigenvalue weighted by atomic mass is 32.1. The summed E-state index contributed by atoms with van der Waals surface area (Å²) in [5, 5.41) is 12.2. The first kappa shape index (κ1) is 16.6. The van der Waals surface area contributed by atoms with Gasteiger partial charge in [0.25, 0.3) is 5.91 Å². The first-order chi connectivity index (χ1) is 11.7. The van der Waals surface area contributed by atoms with E-state index in [9.17, 15) is 10.1 Å². The number of carbonyl (C=O) groups excluding carboxylic acids is 1. The standard InChI is InChI=1S/C18H20N4OS/c1-13-17(24-12-21-13)18(23)20-9-14-6-7-22(10-14)11-16-5-3-2-4-15(16)8-19/h2-5,12,14H,6-7,9-11H2,1H3,(H,20,23). The quantitative estimate of drug-likeness (QED) is 0.908. The fraction of sp³-hybridized carbons (Fsp3) is 0.389. The summed E-state index contributed by atoms with van der Waals surface area (Å²) in [7, 11) is 0. The van der Waals surface area contributed by atoms with Gasteiger partial charge in [-0.25, -0.2) is 4.98 Å². The molecule has 1 unspecified atom stereocenters. The van der Waals surface area contributed by atoms with E-state index in [2.05, 4.69) is 21.3 Å². The van der Waals surface area contributed by atoms with Gasteiger partial charge < -0.3 is 5.32 Å². The van der Waals surface area contributed by atoms with Gasteiger partial charge in [-0.1, -0.05) is 18.2 Å². The van der Waals surface area contributed by atoms with Gasteiger partial charge in [0.2, 0.25) is 0 Å². The van der Waals surface area contributed by atoms with Crippen molar-refractivity contribution in [3.05, 3.63) is 51.5 Å². The average molecular weight is 340 g/mol. The Morgan fingerprint density at radius 1 is 1.50 bits per heavy atom. The molecule has 1 atom stereocenters. The van der Waals surface area contributed by atoms with Crippen molar-refractivity contribution >= 4 is 17.2 Å². The first-order valence-corrected chi connectivity index (χ1v) is 8.94. The van der Waals surface area contributed by atoms with Gasteiger partial charge in [-0.3, -0.25) is 9.69 Å². The lowest BCUT2D eigenvalue weighted by Gasteiger charge is -2.17. The molecule has 0 aliphatic carbocycles. The summed E-state index contributed by atoms with van der Waals surface area (Å²) in [5.74, 6) is 0.430. The molecule has 1 amide bonds. The SMILES string of the molecule is Cc1ncsc1C(=O)NCC1CCN(Cc2ccccc2C#N)C1. The van der Waals surface area contributed by atoms with Crippen molar-refractivity contribution < 1.29 is 4.79 Å². The van der Waals surface area contributed by atoms with Crippen LogP contribution < -0.4 is 5.32 Å². The van der Waals surface area contributed by atoms with Crippen molar-refractivity contribution in [3.8, 4) is 6.07 Å². The fourth-order valence-electron chi connectivity index (χ4n) is 3.07. The van der Waals surface area contributed by atoms with E-state index in [1.54, 1.807) is 5.51 Å². The number of aryl methyl sites for hydroxylation is 1. The second-order valence-corrected chi connectivity index (χ2v) is 6.99. The van der Waals surface area contributed by atoms with Crippen LogP contribution in [0.4, 0.5) is 0 Å². The highest BCUT2D eigenvalue weighted by Gasteiger charge is 2.24. The molecule has 1 aliphatic rings. The summed E-state index contributed by atoms with van der Waals surface area (Å²) in [6, 6.07) is 10.00. The molecule has 1 N–H and O–H groups in total. The number of hydrogen-bond acceptors (Lipinski definition) is 5. The Labute approximate surface area is 145 Å². The van der Waals surface area contributed by atoms with Crippen molar-refractivity contribution in [3.63, 3.8) is 0 Å². The number of benzene rings is 1. The third-order valence-electron chi connectivity index (χ3n) is 4.40. The normalized spacial score (nSPS) is 17.6. The number of hydrogen-bond donors (Lipinski definition) is 1. The Morgan fingerprint density at radius 2 is 2.33 bits per heavy atom. The van der Waals surface area contributed by atoms with E-state index in [1.807, 2.05) is 31.2 Å². The molecule has 0 spiro atoms. The summed E-state index contributed by atoms with van der Waals surface area (Å²) in [4.78, 5) is 19.3. The fourth-order valence-corrected chi connectivity index (χ4v) is 3.79. The zero-order valence-corrected chi connectivity index (χ0v) is 14.5. The van der Waals surface area contributed by atoms with Crippen LogP contribution in [0.1, 0.15) is 32.9 Å². The number of nitriles is 1. The average Bonchev–Trinajstić information content (AvgIpc) is 3.22. The van der Waals surface area contributed by atoms with Gasteiger partial charge in [0.15, 0.2) is 0 Å². The van der Waals surface area contributed by atoms with Crippen LogP contribution in [-0.4, -0.2) is 35.4 Å². The van der Waals surface area contributed by atoms with E-state index in [0.29, 0.717) is 17.3 Å². The smallest absolute Gasteiger partial charge is 0.263 e. The van der Waals surface area contributed by atoms with E-state index in [0.717, 1.165) is 42.9 Å². The highest BCUT2D eigenvalue weighted by Crippen LogP contribution is 2.20. The molecule has 2 aromatic rings. The van der Waals surface area contributed by atoms with Gasteiger partial charge in [-0.15, -0.1) is 11.3 Å². The lowest BCUT2D eigenvalue weighted by Crippen LogP contribution is -2.30. The molecule has 3 rings (SSSR count). The van der Waals surface area contributed by atoms with Crippen LogP contribution in [0.25, 0.3) is 0 Å². The maximum atomic E-state index is 12.1. The van der Waals surface area contributed by atoms with Gasteiger partial charge in [0.1, 0.15) is 4.88 Å². The zero-order chi connectivity index (χ0) is 16.9. The third-order valence-corrected chi connectivity index (χ3v) is 5.33. The van der Waals surface area contributed by atoms with Gasteiger partial charge >= 0.3 is 0 Å². The monoisotopic (exact) mass is 340 g/mol. The van der Waals surface area contributed by atoms with Crippen LogP contribution in [0.3, 0.4) is 0 Å². The minimum Gasteiger partial charge on any atom is -0.351 e. The van der Waals surface area contributed by atoms with Crippen LogP contribution in [0, 0.1) is 24.2 Å². The van der Waals surface area contributed by atoms with E-state index in [-0.39, 0.29) is 5.91 Å². The Bertz CT molecular complexity index is 764. The predicted octanol–water partition coefficient (Wildman–Crippen LogP) is 2.58. The molecule has 2 heterocycles. The third kappa shape index (κ3) is 3.81. The minimum atomic E-state index is -0.0247. The minimum absolute atomic E-state index is 0.0247. The zero-order valence-electron chi connectivity index (χ0n) is 13.7. The molecule has 1 fully saturated rings. The molecule has 124 valence electrons. The van der Waals surface area contributed by atoms with Crippen LogP contribution in [0.2, 0.25) is 0 Å². The molecule has 0 saturated carbocycles. The Balaban J connectivity index is 1.50. The molecule has 0 radical (unpaired) electrons. The predicted molar refractivity (Wildman–Crippen MR) is 93.7 cm³/mol. The Morgan fingerprint density at radius 3 is 3.08 bits per heavy atom. The largest absolute Gasteiger partial charge is 0.351 e. The molecular formula is C18H20N4OS. The van der Waals surface area contributed by atoms with Crippen LogP contribution in [0.5, 0.6) is 0 Å². The summed E-state index contributed by atoms with van der Waals surface area (Å²) in [5.41, 5.74) is 4.31. The van der Waals surface area contributed by atoms with E-state index in [1.165, 1.54) is 11.3 Å². The van der Waals surface area contributed by atoms with Crippen LogP contribution >= 0.6 is 11.3 Å². The van der Waals surface area contributed by atoms with Crippen molar-refractivity contribution in [2.24, 2.45) is 5.92 Å². The highest BCUT2D eigenvalue weighted by molar-refractivity contribution is 7.11. The van der Waals surface area contributed by atoms with Crippen LogP contribution in [-0.2, 0) is 6.54 Å². The molecule has 1 aliphatic heterocycles. The van der Waals surface area contributed by atoms with Crippen molar-refractivity contribution in [2.45, 2.75) is 19.9 Å². The number of likely N-dealkylation sites (tertiary alicyclic amines) is 1. The second-order valence-electron chi connectivity index (χ2n) is 6.14. The van der Waals surface area contributed by atoms with Crippen molar-refractivity contribution in [2.75, 3.05) is 19.6 Å². The number of nitrogens with zero attached hydrogens (tertiary/aromatic N) is 3. The van der Waals surface area contributed by atoms with Crippen molar-refractivity contribution in [1.82, 2.24) is 15.2 Å². The molecule has 0 bridgehead atoms. The molecule has 1 aromatic carbocycles. The number of nitrogens with one attached hydrogen (secondary N) is 1. The molecule has 5 nitrogen and oxygen atoms in total. The lowest BCUT2D eigenvalue weighted by atomic mass is 10.1. The molecule has 1 saturated heterocycles. The topological polar surface area (TPSA) is 69.0 Å². The number of thiazole rings is 1. The van der Waals surface area contributed by atoms with Crippen molar-refractivity contribution in [1.29, 1.82) is 5.26 Å². The van der Waals surface area contributed by atoms with E-state index in [4.69, 9.17) is 0 Å². The summed E-state index contributed by atoms with van der Waals surface area (Å²) < 4.78 is 0. The maximum Gasteiger partial charge on any atom is 0.263 e. The molecule has 1 aromatic heterocycles. The van der Waals surface area contributed by atoms with Crippen LogP contribution in [0.15, 0.2) is 29.8 Å². The summed E-state index contributed by atoms with van der Waals surface area (Å²) in [6.07, 6.45) is 1.07. The van der Waals surface area contributed by atoms with Gasteiger partial charge in [-0.05, 0) is 37.4 Å². The summed E-state index contributed by atoms with van der Waals surface area (Å²) >= 11 is 1.38. The number of amides is 1. The van der Waals surface area contributed by atoms with E-state index < -0.39 is 0 Å². The van der Waals surface area contributed by atoms with E-state index >= 15 is 0 Å². The molecule has 24 heavy (non-hydrogen) atoms. The van der Waals surface area contributed by atoms with Gasteiger partial charge in [0.05, 0.1) is 22.8 Å². The molecule has 6 heteroatoms. The molecular weight excluding hydrogens is 320 g/mol. The first-order valence-electron chi connectivity index (χ1n) is 8.06. The second kappa shape index (κ2) is 7.56.